The summed E-state index contributed by atoms with van der Waals surface area (Å²) in [6.45, 7) is 8.42. The quantitative estimate of drug-likeness (QED) is 0.722. The zero-order chi connectivity index (χ0) is 19.6. The average molecular weight is 363 g/mol. The van der Waals surface area contributed by atoms with Crippen molar-refractivity contribution in [2.24, 2.45) is 0 Å². The predicted molar refractivity (Wildman–Crippen MR) is 106 cm³/mol. The molecule has 5 heteroatoms. The highest BCUT2D eigenvalue weighted by molar-refractivity contribution is 5.95. The molecule has 3 rings (SSSR count). The second-order valence-electron chi connectivity index (χ2n) is 7.60. The van der Waals surface area contributed by atoms with Gasteiger partial charge in [-0.05, 0) is 43.5 Å². The molecule has 0 atom stereocenters. The van der Waals surface area contributed by atoms with Crippen molar-refractivity contribution in [2.75, 3.05) is 0 Å². The fraction of sp³-hybridized carbons (Fsp3) is 0.318. The van der Waals surface area contributed by atoms with Crippen molar-refractivity contribution in [3.05, 3.63) is 71.3 Å². The van der Waals surface area contributed by atoms with E-state index in [1.807, 2.05) is 41.1 Å². The minimum absolute atomic E-state index is 0.129. The van der Waals surface area contributed by atoms with E-state index in [-0.39, 0.29) is 5.54 Å². The van der Waals surface area contributed by atoms with Crippen molar-refractivity contribution < 1.29 is 9.90 Å². The Morgan fingerprint density at radius 2 is 1.74 bits per heavy atom. The van der Waals surface area contributed by atoms with Gasteiger partial charge < -0.3 is 5.11 Å². The van der Waals surface area contributed by atoms with E-state index in [9.17, 15) is 9.90 Å². The first-order valence-electron chi connectivity index (χ1n) is 9.16. The lowest BCUT2D eigenvalue weighted by atomic mass is 9.98. The summed E-state index contributed by atoms with van der Waals surface area (Å²) in [6, 6.07) is 15.1. The monoisotopic (exact) mass is 363 g/mol. The minimum Gasteiger partial charge on any atom is -0.478 e. The van der Waals surface area contributed by atoms with Crippen LogP contribution in [-0.2, 0) is 18.4 Å². The Hall–Kier alpha value is -2.95. The minimum atomic E-state index is -0.917. The molecule has 2 aromatic carbocycles. The molecule has 0 saturated carbocycles. The van der Waals surface area contributed by atoms with Crippen LogP contribution in [-0.4, -0.2) is 25.8 Å². The highest BCUT2D eigenvalue weighted by atomic mass is 16.4. The second-order valence-corrected chi connectivity index (χ2v) is 7.60. The van der Waals surface area contributed by atoms with Crippen LogP contribution in [0.25, 0.3) is 11.1 Å². The third-order valence-electron chi connectivity index (χ3n) is 4.45. The Balaban J connectivity index is 1.90. The lowest BCUT2D eigenvalue weighted by Gasteiger charge is -2.21. The molecule has 5 nitrogen and oxygen atoms in total. The summed E-state index contributed by atoms with van der Waals surface area (Å²) in [5.41, 5.74) is 2.92. The van der Waals surface area contributed by atoms with Crippen LogP contribution in [0.4, 0.5) is 0 Å². The second kappa shape index (κ2) is 7.35. The molecule has 0 amide bonds. The Labute approximate surface area is 159 Å². The van der Waals surface area contributed by atoms with Gasteiger partial charge in [0.1, 0.15) is 5.82 Å². The Morgan fingerprint density at radius 3 is 2.33 bits per heavy atom. The highest BCUT2D eigenvalue weighted by Gasteiger charge is 2.20. The van der Waals surface area contributed by atoms with Crippen LogP contribution in [0.5, 0.6) is 0 Å². The van der Waals surface area contributed by atoms with Gasteiger partial charge >= 0.3 is 5.97 Å². The fourth-order valence-corrected chi connectivity index (χ4v) is 3.10. The van der Waals surface area contributed by atoms with Crippen LogP contribution >= 0.6 is 0 Å². The molecule has 0 aliphatic heterocycles. The van der Waals surface area contributed by atoms with E-state index < -0.39 is 5.97 Å². The molecule has 0 unspecified atom stereocenters. The van der Waals surface area contributed by atoms with Gasteiger partial charge in [-0.15, -0.1) is 0 Å². The van der Waals surface area contributed by atoms with Crippen LogP contribution in [0.1, 0.15) is 55.3 Å². The molecule has 0 bridgehead atoms. The molecule has 0 aliphatic carbocycles. The van der Waals surface area contributed by atoms with Crippen LogP contribution in [0.2, 0.25) is 0 Å². The molecule has 1 N–H and O–H groups in total. The van der Waals surface area contributed by atoms with Gasteiger partial charge in [0.25, 0.3) is 0 Å². The molecule has 1 aromatic heterocycles. The van der Waals surface area contributed by atoms with E-state index in [1.54, 1.807) is 12.1 Å². The first-order chi connectivity index (χ1) is 12.8. The molecular weight excluding hydrogens is 338 g/mol. The van der Waals surface area contributed by atoms with Gasteiger partial charge in [-0.25, -0.2) is 14.5 Å². The zero-order valence-corrected chi connectivity index (χ0v) is 16.2. The highest BCUT2D eigenvalue weighted by Crippen LogP contribution is 2.25. The summed E-state index contributed by atoms with van der Waals surface area (Å²) in [4.78, 5) is 16.1. The molecular formula is C22H25N3O2. The van der Waals surface area contributed by atoms with Crippen LogP contribution in [0, 0.1) is 0 Å². The van der Waals surface area contributed by atoms with Gasteiger partial charge in [0.2, 0.25) is 0 Å². The summed E-state index contributed by atoms with van der Waals surface area (Å²) in [7, 11) is 0. The van der Waals surface area contributed by atoms with E-state index in [0.717, 1.165) is 34.8 Å². The van der Waals surface area contributed by atoms with Crippen molar-refractivity contribution in [1.29, 1.82) is 0 Å². The molecule has 0 radical (unpaired) electrons. The smallest absolute Gasteiger partial charge is 0.336 e. The maximum absolute atomic E-state index is 11.4. The molecule has 3 aromatic rings. The number of aromatic carboxylic acids is 1. The molecule has 0 saturated heterocycles. The SMILES string of the molecule is CCc1nc(Cc2ccc(-c3ccccc3C(=O)O)cc2)n(C(C)(C)C)n1. The van der Waals surface area contributed by atoms with E-state index in [2.05, 4.69) is 37.8 Å². The molecule has 140 valence electrons. The third kappa shape index (κ3) is 4.08. The van der Waals surface area contributed by atoms with Gasteiger partial charge in [-0.1, -0.05) is 49.4 Å². The van der Waals surface area contributed by atoms with E-state index in [0.29, 0.717) is 12.0 Å². The van der Waals surface area contributed by atoms with Crippen LogP contribution < -0.4 is 0 Å². The van der Waals surface area contributed by atoms with E-state index in [4.69, 9.17) is 0 Å². The molecule has 1 heterocycles. The fourth-order valence-electron chi connectivity index (χ4n) is 3.10. The number of aromatic nitrogens is 3. The molecule has 0 aliphatic rings. The molecule has 0 fully saturated rings. The zero-order valence-electron chi connectivity index (χ0n) is 16.2. The number of aryl methyl sites for hydroxylation is 1. The van der Waals surface area contributed by atoms with Crippen molar-refractivity contribution in [2.45, 2.75) is 46.1 Å². The first kappa shape index (κ1) is 18.8. The van der Waals surface area contributed by atoms with Crippen molar-refractivity contribution in [3.8, 4) is 11.1 Å². The van der Waals surface area contributed by atoms with Gasteiger partial charge in [0.15, 0.2) is 5.82 Å². The number of hydrogen-bond donors (Lipinski definition) is 1. The van der Waals surface area contributed by atoms with Gasteiger partial charge in [-0.2, -0.15) is 5.10 Å². The van der Waals surface area contributed by atoms with Crippen molar-refractivity contribution in [1.82, 2.24) is 14.8 Å². The number of benzene rings is 2. The number of rotatable bonds is 5. The summed E-state index contributed by atoms with van der Waals surface area (Å²) >= 11 is 0. The van der Waals surface area contributed by atoms with Crippen molar-refractivity contribution in [3.63, 3.8) is 0 Å². The molecule has 27 heavy (non-hydrogen) atoms. The Kier molecular flexibility index (Phi) is 5.13. The van der Waals surface area contributed by atoms with Gasteiger partial charge in [-0.3, -0.25) is 0 Å². The number of carboxylic acid groups (broad SMARTS) is 1. The Morgan fingerprint density at radius 1 is 1.07 bits per heavy atom. The number of hydrogen-bond acceptors (Lipinski definition) is 3. The number of nitrogens with zero attached hydrogens (tertiary/aromatic N) is 3. The average Bonchev–Trinajstić information content (AvgIpc) is 3.06. The summed E-state index contributed by atoms with van der Waals surface area (Å²) in [5.74, 6) is 0.880. The Bertz CT molecular complexity index is 950. The van der Waals surface area contributed by atoms with E-state index >= 15 is 0 Å². The van der Waals surface area contributed by atoms with Gasteiger partial charge in [0.05, 0.1) is 11.1 Å². The van der Waals surface area contributed by atoms with Gasteiger partial charge in [0, 0.05) is 12.8 Å². The largest absolute Gasteiger partial charge is 0.478 e. The van der Waals surface area contributed by atoms with E-state index in [1.165, 1.54) is 0 Å². The summed E-state index contributed by atoms with van der Waals surface area (Å²) < 4.78 is 2.00. The maximum Gasteiger partial charge on any atom is 0.336 e. The third-order valence-corrected chi connectivity index (χ3v) is 4.45. The standard InChI is InChI=1S/C22H25N3O2/c1-5-19-23-20(25(24-19)22(2,3)4)14-15-10-12-16(13-11-15)17-8-6-7-9-18(17)21(26)27/h6-13H,5,14H2,1-4H3,(H,26,27). The maximum atomic E-state index is 11.4. The lowest BCUT2D eigenvalue weighted by Crippen LogP contribution is -2.25. The number of carboxylic acids is 1. The topological polar surface area (TPSA) is 68.0 Å². The first-order valence-corrected chi connectivity index (χ1v) is 9.16. The lowest BCUT2D eigenvalue weighted by molar-refractivity contribution is 0.0697. The summed E-state index contributed by atoms with van der Waals surface area (Å²) in [5, 5.41) is 14.0. The van der Waals surface area contributed by atoms with Crippen molar-refractivity contribution >= 4 is 5.97 Å². The number of carbonyl (C=O) groups is 1. The van der Waals surface area contributed by atoms with Crippen LogP contribution in [0.15, 0.2) is 48.5 Å². The predicted octanol–water partition coefficient (Wildman–Crippen LogP) is 4.55. The van der Waals surface area contributed by atoms with Crippen LogP contribution in [0.3, 0.4) is 0 Å². The summed E-state index contributed by atoms with van der Waals surface area (Å²) in [6.07, 6.45) is 1.49. The normalized spacial score (nSPS) is 11.6. The molecule has 0 spiro atoms.